The highest BCUT2D eigenvalue weighted by Gasteiger charge is 2.24. The Hall–Kier alpha value is -1.26. The van der Waals surface area contributed by atoms with E-state index >= 15 is 0 Å². The lowest BCUT2D eigenvalue weighted by Gasteiger charge is -2.29. The standard InChI is InChI=1S/C15H29NO4/c1-7-19-15(18)16(9-11(2)3)13(6)8-14(17)20-10-12(4)5/h11-13H,7-10H2,1-6H3. The number of rotatable bonds is 8. The molecule has 0 bridgehead atoms. The van der Waals surface area contributed by atoms with Crippen molar-refractivity contribution in [2.75, 3.05) is 19.8 Å². The monoisotopic (exact) mass is 287 g/mol. The smallest absolute Gasteiger partial charge is 0.410 e. The van der Waals surface area contributed by atoms with Gasteiger partial charge in [-0.2, -0.15) is 0 Å². The molecule has 0 aliphatic rings. The Kier molecular flexibility index (Phi) is 9.01. The van der Waals surface area contributed by atoms with E-state index in [1.54, 1.807) is 11.8 Å². The SMILES string of the molecule is CCOC(=O)N(CC(C)C)C(C)CC(=O)OCC(C)C. The van der Waals surface area contributed by atoms with Crippen LogP contribution in [0.4, 0.5) is 4.79 Å². The van der Waals surface area contributed by atoms with Gasteiger partial charge in [0.2, 0.25) is 0 Å². The van der Waals surface area contributed by atoms with E-state index in [1.807, 2.05) is 34.6 Å². The van der Waals surface area contributed by atoms with E-state index in [2.05, 4.69) is 0 Å². The molecule has 0 aromatic carbocycles. The van der Waals surface area contributed by atoms with Crippen LogP contribution in [0.5, 0.6) is 0 Å². The van der Waals surface area contributed by atoms with Crippen molar-refractivity contribution in [2.24, 2.45) is 11.8 Å². The van der Waals surface area contributed by atoms with Crippen LogP contribution in [0, 0.1) is 11.8 Å². The molecule has 0 saturated carbocycles. The second kappa shape index (κ2) is 9.61. The van der Waals surface area contributed by atoms with Crippen molar-refractivity contribution in [1.82, 2.24) is 4.90 Å². The van der Waals surface area contributed by atoms with Crippen molar-refractivity contribution >= 4 is 12.1 Å². The summed E-state index contributed by atoms with van der Waals surface area (Å²) in [7, 11) is 0. The Balaban J connectivity index is 4.49. The van der Waals surface area contributed by atoms with Gasteiger partial charge in [-0.3, -0.25) is 4.79 Å². The van der Waals surface area contributed by atoms with Crippen molar-refractivity contribution < 1.29 is 19.1 Å². The van der Waals surface area contributed by atoms with E-state index in [-0.39, 0.29) is 24.5 Å². The predicted octanol–water partition coefficient (Wildman–Crippen LogP) is 3.08. The fourth-order valence-electron chi connectivity index (χ4n) is 1.70. The molecule has 0 spiro atoms. The number of esters is 1. The molecule has 5 nitrogen and oxygen atoms in total. The van der Waals surface area contributed by atoms with Gasteiger partial charge in [0.1, 0.15) is 0 Å². The van der Waals surface area contributed by atoms with Crippen molar-refractivity contribution in [3.8, 4) is 0 Å². The first-order valence-electron chi connectivity index (χ1n) is 7.36. The highest BCUT2D eigenvalue weighted by atomic mass is 16.6. The molecule has 0 N–H and O–H groups in total. The van der Waals surface area contributed by atoms with Gasteiger partial charge in [-0.05, 0) is 25.7 Å². The molecule has 0 fully saturated rings. The minimum atomic E-state index is -0.370. The molecular formula is C15H29NO4. The Morgan fingerprint density at radius 3 is 2.05 bits per heavy atom. The fourth-order valence-corrected chi connectivity index (χ4v) is 1.70. The molecule has 0 saturated heterocycles. The summed E-state index contributed by atoms with van der Waals surface area (Å²) in [6.07, 6.45) is -0.177. The number of nitrogens with zero attached hydrogens (tertiary/aromatic N) is 1. The molecule has 0 radical (unpaired) electrons. The van der Waals surface area contributed by atoms with E-state index in [1.165, 1.54) is 0 Å². The van der Waals surface area contributed by atoms with E-state index in [4.69, 9.17) is 9.47 Å². The van der Waals surface area contributed by atoms with Crippen molar-refractivity contribution in [3.05, 3.63) is 0 Å². The normalized spacial score (nSPS) is 12.4. The Labute approximate surface area is 122 Å². The van der Waals surface area contributed by atoms with Gasteiger partial charge < -0.3 is 14.4 Å². The summed E-state index contributed by atoms with van der Waals surface area (Å²) < 4.78 is 10.2. The van der Waals surface area contributed by atoms with Gasteiger partial charge in [0.15, 0.2) is 0 Å². The number of hydrogen-bond donors (Lipinski definition) is 0. The maximum atomic E-state index is 11.9. The maximum absolute atomic E-state index is 11.9. The average Bonchev–Trinajstić information content (AvgIpc) is 2.33. The molecular weight excluding hydrogens is 258 g/mol. The molecule has 0 heterocycles. The van der Waals surface area contributed by atoms with Crippen LogP contribution in [-0.2, 0) is 14.3 Å². The van der Waals surface area contributed by atoms with Crippen LogP contribution in [0.15, 0.2) is 0 Å². The van der Waals surface area contributed by atoms with Crippen molar-refractivity contribution in [3.63, 3.8) is 0 Å². The molecule has 5 heteroatoms. The average molecular weight is 287 g/mol. The molecule has 0 aromatic rings. The lowest BCUT2D eigenvalue weighted by Crippen LogP contribution is -2.42. The van der Waals surface area contributed by atoms with Crippen LogP contribution in [0.3, 0.4) is 0 Å². The summed E-state index contributed by atoms with van der Waals surface area (Å²) in [4.78, 5) is 25.2. The van der Waals surface area contributed by atoms with Crippen LogP contribution in [0.25, 0.3) is 0 Å². The Bertz CT molecular complexity index is 302. The van der Waals surface area contributed by atoms with Crippen LogP contribution in [0.2, 0.25) is 0 Å². The van der Waals surface area contributed by atoms with Gasteiger partial charge in [-0.15, -0.1) is 0 Å². The molecule has 20 heavy (non-hydrogen) atoms. The highest BCUT2D eigenvalue weighted by Crippen LogP contribution is 2.11. The summed E-state index contributed by atoms with van der Waals surface area (Å²) in [5, 5.41) is 0. The van der Waals surface area contributed by atoms with Crippen LogP contribution in [0.1, 0.15) is 48.0 Å². The summed E-state index contributed by atoms with van der Waals surface area (Å²) in [5.74, 6) is 0.351. The first-order chi connectivity index (χ1) is 9.27. The summed E-state index contributed by atoms with van der Waals surface area (Å²) in [6, 6.07) is -0.226. The van der Waals surface area contributed by atoms with E-state index in [9.17, 15) is 9.59 Å². The number of hydrogen-bond acceptors (Lipinski definition) is 4. The second-order valence-electron chi connectivity index (χ2n) is 5.88. The van der Waals surface area contributed by atoms with Gasteiger partial charge in [0, 0.05) is 12.6 Å². The second-order valence-corrected chi connectivity index (χ2v) is 5.88. The summed E-state index contributed by atoms with van der Waals surface area (Å²) >= 11 is 0. The minimum absolute atomic E-state index is 0.193. The number of carbonyl (C=O) groups excluding carboxylic acids is 2. The van der Waals surface area contributed by atoms with Gasteiger partial charge in [0.05, 0.1) is 19.6 Å². The lowest BCUT2D eigenvalue weighted by molar-refractivity contribution is -0.145. The fraction of sp³-hybridized carbons (Fsp3) is 0.867. The van der Waals surface area contributed by atoms with Crippen molar-refractivity contribution in [2.45, 2.75) is 54.0 Å². The van der Waals surface area contributed by atoms with Crippen LogP contribution < -0.4 is 0 Å². The minimum Gasteiger partial charge on any atom is -0.465 e. The van der Waals surface area contributed by atoms with Crippen molar-refractivity contribution in [1.29, 1.82) is 0 Å². The van der Waals surface area contributed by atoms with E-state index in [0.29, 0.717) is 31.6 Å². The molecule has 1 amide bonds. The molecule has 0 aliphatic heterocycles. The largest absolute Gasteiger partial charge is 0.465 e. The summed E-state index contributed by atoms with van der Waals surface area (Å²) in [5.41, 5.74) is 0. The molecule has 1 atom stereocenters. The predicted molar refractivity (Wildman–Crippen MR) is 78.4 cm³/mol. The molecule has 0 aliphatic carbocycles. The maximum Gasteiger partial charge on any atom is 0.410 e. The topological polar surface area (TPSA) is 55.8 Å². The highest BCUT2D eigenvalue weighted by molar-refractivity contribution is 5.72. The quantitative estimate of drug-likeness (QED) is 0.644. The molecule has 0 rings (SSSR count). The van der Waals surface area contributed by atoms with Crippen LogP contribution in [-0.4, -0.2) is 42.8 Å². The van der Waals surface area contributed by atoms with Gasteiger partial charge in [0.25, 0.3) is 0 Å². The number of amides is 1. The first kappa shape index (κ1) is 18.7. The molecule has 118 valence electrons. The van der Waals surface area contributed by atoms with E-state index in [0.717, 1.165) is 0 Å². The third kappa shape index (κ3) is 8.02. The lowest BCUT2D eigenvalue weighted by atomic mass is 10.1. The van der Waals surface area contributed by atoms with Gasteiger partial charge in [-0.1, -0.05) is 27.7 Å². The zero-order chi connectivity index (χ0) is 15.7. The Morgan fingerprint density at radius 1 is 1.00 bits per heavy atom. The first-order valence-corrected chi connectivity index (χ1v) is 7.36. The molecule has 1 unspecified atom stereocenters. The number of carbonyl (C=O) groups is 2. The third-order valence-electron chi connectivity index (χ3n) is 2.64. The third-order valence-corrected chi connectivity index (χ3v) is 2.64. The van der Waals surface area contributed by atoms with Gasteiger partial charge >= 0.3 is 12.1 Å². The van der Waals surface area contributed by atoms with Gasteiger partial charge in [-0.25, -0.2) is 4.79 Å². The summed E-state index contributed by atoms with van der Waals surface area (Å²) in [6.45, 7) is 12.9. The number of ether oxygens (including phenoxy) is 2. The zero-order valence-electron chi connectivity index (χ0n) is 13.6. The Morgan fingerprint density at radius 2 is 1.60 bits per heavy atom. The van der Waals surface area contributed by atoms with E-state index < -0.39 is 0 Å². The zero-order valence-corrected chi connectivity index (χ0v) is 13.6. The van der Waals surface area contributed by atoms with Crippen LogP contribution >= 0.6 is 0 Å². The molecule has 0 aromatic heterocycles.